The first-order valence-corrected chi connectivity index (χ1v) is 4.69. The molecule has 10 heteroatoms. The molecule has 0 aliphatic carbocycles. The maximum atomic E-state index is 12.1. The van der Waals surface area contributed by atoms with Gasteiger partial charge in [-0.15, -0.1) is 0 Å². The van der Waals surface area contributed by atoms with E-state index in [1.54, 1.807) is 0 Å². The summed E-state index contributed by atoms with van der Waals surface area (Å²) in [6.45, 7) is -3.20. The summed E-state index contributed by atoms with van der Waals surface area (Å²) in [6, 6.07) is 0. The highest BCUT2D eigenvalue weighted by Gasteiger charge is 2.44. The van der Waals surface area contributed by atoms with Gasteiger partial charge in [0.15, 0.2) is 5.92 Å². The van der Waals surface area contributed by atoms with E-state index < -0.39 is 44.0 Å². The largest absolute Gasteiger partial charge is 0.481 e. The van der Waals surface area contributed by atoms with E-state index in [-0.39, 0.29) is 6.54 Å². The van der Waals surface area contributed by atoms with Crippen LogP contribution in [-0.2, 0) is 9.53 Å². The second kappa shape index (κ2) is 6.78. The Morgan fingerprint density at radius 2 is 1.78 bits per heavy atom. The molecule has 0 heterocycles. The van der Waals surface area contributed by atoms with Crippen molar-refractivity contribution in [2.75, 3.05) is 26.3 Å². The van der Waals surface area contributed by atoms with Crippen LogP contribution in [-0.4, -0.2) is 49.7 Å². The summed E-state index contributed by atoms with van der Waals surface area (Å²) in [5.41, 5.74) is 0. The van der Waals surface area contributed by atoms with Gasteiger partial charge in [-0.1, -0.05) is 0 Å². The third-order valence-electron chi connectivity index (χ3n) is 1.73. The molecule has 0 aliphatic rings. The maximum Gasteiger partial charge on any atom is 0.411 e. The van der Waals surface area contributed by atoms with Crippen molar-refractivity contribution in [1.29, 1.82) is 0 Å². The highest BCUT2D eigenvalue weighted by atomic mass is 19.4. The normalized spacial score (nSPS) is 14.6. The van der Waals surface area contributed by atoms with Gasteiger partial charge in [-0.3, -0.25) is 4.79 Å². The SMILES string of the molecule is O=C(O)C(CNCCOCC(F)(F)F)C(F)(F)F. The number of hydrogen-bond donors (Lipinski definition) is 2. The predicted molar refractivity (Wildman–Crippen MR) is 46.9 cm³/mol. The van der Waals surface area contributed by atoms with Crippen molar-refractivity contribution in [3.63, 3.8) is 0 Å². The molecule has 0 radical (unpaired) electrons. The Bertz CT molecular complexity index is 265. The van der Waals surface area contributed by atoms with Crippen LogP contribution in [0.2, 0.25) is 0 Å². The summed E-state index contributed by atoms with van der Waals surface area (Å²) in [5.74, 6) is -4.65. The number of aliphatic carboxylic acids is 1. The average Bonchev–Trinajstić information content (AvgIpc) is 2.11. The molecule has 0 aromatic carbocycles. The van der Waals surface area contributed by atoms with E-state index in [1.807, 2.05) is 0 Å². The van der Waals surface area contributed by atoms with Crippen LogP contribution < -0.4 is 5.32 Å². The van der Waals surface area contributed by atoms with Crippen LogP contribution in [0.1, 0.15) is 0 Å². The lowest BCUT2D eigenvalue weighted by Gasteiger charge is -2.16. The second-order valence-corrected chi connectivity index (χ2v) is 3.30. The van der Waals surface area contributed by atoms with Crippen LogP contribution in [0.5, 0.6) is 0 Å². The summed E-state index contributed by atoms with van der Waals surface area (Å²) in [6.07, 6.45) is -9.42. The molecule has 0 fully saturated rings. The lowest BCUT2D eigenvalue weighted by molar-refractivity contribution is -0.192. The van der Waals surface area contributed by atoms with Gasteiger partial charge in [0.2, 0.25) is 0 Å². The fourth-order valence-corrected chi connectivity index (χ4v) is 0.922. The van der Waals surface area contributed by atoms with Gasteiger partial charge in [-0.2, -0.15) is 26.3 Å². The second-order valence-electron chi connectivity index (χ2n) is 3.30. The first kappa shape index (κ1) is 17.0. The van der Waals surface area contributed by atoms with Crippen molar-refractivity contribution < 1.29 is 41.0 Å². The smallest absolute Gasteiger partial charge is 0.411 e. The van der Waals surface area contributed by atoms with Gasteiger partial charge in [0.05, 0.1) is 6.61 Å². The van der Waals surface area contributed by atoms with Gasteiger partial charge in [-0.25, -0.2) is 0 Å². The fraction of sp³-hybridized carbons (Fsp3) is 0.875. The van der Waals surface area contributed by atoms with E-state index >= 15 is 0 Å². The lowest BCUT2D eigenvalue weighted by Crippen LogP contribution is -2.40. The van der Waals surface area contributed by atoms with Crippen molar-refractivity contribution in [2.24, 2.45) is 5.92 Å². The Hall–Kier alpha value is -1.03. The van der Waals surface area contributed by atoms with Crippen LogP contribution in [0, 0.1) is 5.92 Å². The average molecular weight is 283 g/mol. The van der Waals surface area contributed by atoms with Crippen LogP contribution in [0.25, 0.3) is 0 Å². The molecule has 0 aliphatic heterocycles. The predicted octanol–water partition coefficient (Wildman–Crippen LogP) is 1.42. The molecule has 108 valence electrons. The number of rotatable bonds is 7. The van der Waals surface area contributed by atoms with Crippen LogP contribution >= 0.6 is 0 Å². The van der Waals surface area contributed by atoms with E-state index in [0.717, 1.165) is 0 Å². The number of carboxylic acid groups (broad SMARTS) is 1. The highest BCUT2D eigenvalue weighted by Crippen LogP contribution is 2.25. The molecule has 0 rings (SSSR count). The summed E-state index contributed by atoms with van der Waals surface area (Å²) in [4.78, 5) is 10.3. The van der Waals surface area contributed by atoms with Crippen LogP contribution in [0.3, 0.4) is 0 Å². The van der Waals surface area contributed by atoms with E-state index in [2.05, 4.69) is 10.1 Å². The topological polar surface area (TPSA) is 58.6 Å². The minimum absolute atomic E-state index is 0.310. The molecule has 2 N–H and O–H groups in total. The monoisotopic (exact) mass is 283 g/mol. The van der Waals surface area contributed by atoms with Crippen molar-refractivity contribution in [1.82, 2.24) is 5.32 Å². The molecule has 1 unspecified atom stereocenters. The number of halogens is 6. The van der Waals surface area contributed by atoms with Gasteiger partial charge in [0.1, 0.15) is 6.61 Å². The van der Waals surface area contributed by atoms with E-state index in [1.165, 1.54) is 0 Å². The van der Waals surface area contributed by atoms with Crippen LogP contribution in [0.15, 0.2) is 0 Å². The Labute approximate surface area is 97.9 Å². The summed E-state index contributed by atoms with van der Waals surface area (Å²) < 4.78 is 75.2. The van der Waals surface area contributed by atoms with E-state index in [9.17, 15) is 31.1 Å². The zero-order valence-electron chi connectivity index (χ0n) is 8.94. The molecular formula is C8H11F6NO3. The molecule has 0 saturated heterocycles. The zero-order valence-corrected chi connectivity index (χ0v) is 8.94. The summed E-state index contributed by atoms with van der Waals surface area (Å²) in [7, 11) is 0. The molecule has 1 atom stereocenters. The van der Waals surface area contributed by atoms with Gasteiger partial charge >= 0.3 is 18.3 Å². The molecular weight excluding hydrogens is 272 g/mol. The standard InChI is InChI=1S/C8H11F6NO3/c9-7(10,11)4-18-2-1-15-3-5(6(16)17)8(12,13)14/h5,15H,1-4H2,(H,16,17). The number of carboxylic acids is 1. The van der Waals surface area contributed by atoms with Crippen molar-refractivity contribution >= 4 is 5.97 Å². The Morgan fingerprint density at radius 3 is 2.17 bits per heavy atom. The molecule has 0 aromatic heterocycles. The summed E-state index contributed by atoms with van der Waals surface area (Å²) in [5, 5.41) is 10.3. The van der Waals surface area contributed by atoms with Crippen molar-refractivity contribution in [3.8, 4) is 0 Å². The maximum absolute atomic E-state index is 12.1. The highest BCUT2D eigenvalue weighted by molar-refractivity contribution is 5.71. The lowest BCUT2D eigenvalue weighted by atomic mass is 10.1. The van der Waals surface area contributed by atoms with Gasteiger partial charge < -0.3 is 15.2 Å². The molecule has 0 saturated carbocycles. The number of alkyl halides is 6. The van der Waals surface area contributed by atoms with E-state index in [4.69, 9.17) is 5.11 Å². The first-order chi connectivity index (χ1) is 8.04. The quantitative estimate of drug-likeness (QED) is 0.548. The van der Waals surface area contributed by atoms with Gasteiger partial charge in [-0.05, 0) is 0 Å². The number of carbonyl (C=O) groups is 1. The number of ether oxygens (including phenoxy) is 1. The molecule has 4 nitrogen and oxygen atoms in total. The first-order valence-electron chi connectivity index (χ1n) is 4.69. The minimum atomic E-state index is -4.91. The third kappa shape index (κ3) is 8.12. The molecule has 0 aromatic rings. The summed E-state index contributed by atoms with van der Waals surface area (Å²) >= 11 is 0. The van der Waals surface area contributed by atoms with E-state index in [0.29, 0.717) is 0 Å². The zero-order chi connectivity index (χ0) is 14.4. The van der Waals surface area contributed by atoms with Crippen molar-refractivity contribution in [3.05, 3.63) is 0 Å². The number of hydrogen-bond acceptors (Lipinski definition) is 3. The Kier molecular flexibility index (Phi) is 6.39. The molecule has 0 amide bonds. The third-order valence-corrected chi connectivity index (χ3v) is 1.73. The molecule has 0 bridgehead atoms. The minimum Gasteiger partial charge on any atom is -0.481 e. The Balaban J connectivity index is 3.79. The van der Waals surface area contributed by atoms with Crippen LogP contribution in [0.4, 0.5) is 26.3 Å². The van der Waals surface area contributed by atoms with Gasteiger partial charge in [0, 0.05) is 13.1 Å². The molecule has 18 heavy (non-hydrogen) atoms. The fourth-order valence-electron chi connectivity index (χ4n) is 0.922. The van der Waals surface area contributed by atoms with Crippen molar-refractivity contribution in [2.45, 2.75) is 12.4 Å². The van der Waals surface area contributed by atoms with Gasteiger partial charge in [0.25, 0.3) is 0 Å². The molecule has 0 spiro atoms. The Morgan fingerprint density at radius 1 is 1.22 bits per heavy atom. The number of nitrogens with one attached hydrogen (secondary N) is 1.